The molecule has 0 saturated carbocycles. The molecule has 21 heavy (non-hydrogen) atoms. The van der Waals surface area contributed by atoms with E-state index in [0.29, 0.717) is 45.2 Å². The molecule has 5 nitrogen and oxygen atoms in total. The van der Waals surface area contributed by atoms with E-state index in [1.165, 1.54) is 11.3 Å². The Balaban J connectivity index is 1.75. The van der Waals surface area contributed by atoms with E-state index in [4.69, 9.17) is 0 Å². The summed E-state index contributed by atoms with van der Waals surface area (Å²) in [4.78, 5) is 28.7. The number of nitrogens with zero attached hydrogens (tertiary/aromatic N) is 2. The molecule has 1 aromatic rings. The minimum atomic E-state index is 0.0820. The van der Waals surface area contributed by atoms with Gasteiger partial charge >= 0.3 is 0 Å². The van der Waals surface area contributed by atoms with Crippen LogP contribution in [0.15, 0.2) is 17.5 Å². The number of hydrogen-bond donors (Lipinski definition) is 1. The summed E-state index contributed by atoms with van der Waals surface area (Å²) in [6.45, 7) is 7.37. The predicted molar refractivity (Wildman–Crippen MR) is 84.6 cm³/mol. The first kappa shape index (κ1) is 16.0. The number of rotatable bonds is 5. The molecule has 2 heterocycles. The van der Waals surface area contributed by atoms with E-state index in [9.17, 15) is 9.59 Å². The molecule has 0 unspecified atom stereocenters. The van der Waals surface area contributed by atoms with Crippen molar-refractivity contribution in [3.63, 3.8) is 0 Å². The lowest BCUT2D eigenvalue weighted by atomic mass is 10.2. The van der Waals surface area contributed by atoms with E-state index < -0.39 is 0 Å². The molecule has 1 aliphatic heterocycles. The third-order valence-corrected chi connectivity index (χ3v) is 4.40. The molecule has 1 N–H and O–H groups in total. The lowest BCUT2D eigenvalue weighted by molar-refractivity contribution is -0.132. The molecule has 2 amide bonds. The SMILES string of the molecule is CC(C)NCCC(=O)N1CCN(C(=O)c2cccs2)CC1. The maximum atomic E-state index is 12.2. The van der Waals surface area contributed by atoms with E-state index >= 15 is 0 Å². The van der Waals surface area contributed by atoms with Crippen LogP contribution in [0.3, 0.4) is 0 Å². The molecule has 1 saturated heterocycles. The van der Waals surface area contributed by atoms with E-state index in [-0.39, 0.29) is 11.8 Å². The van der Waals surface area contributed by atoms with Crippen LogP contribution in [-0.4, -0.2) is 60.4 Å². The average molecular weight is 309 g/mol. The highest BCUT2D eigenvalue weighted by Crippen LogP contribution is 2.14. The van der Waals surface area contributed by atoms with E-state index in [0.717, 1.165) is 4.88 Å². The van der Waals surface area contributed by atoms with Gasteiger partial charge in [0.1, 0.15) is 0 Å². The van der Waals surface area contributed by atoms with Gasteiger partial charge in [0.05, 0.1) is 4.88 Å². The van der Waals surface area contributed by atoms with Gasteiger partial charge < -0.3 is 15.1 Å². The zero-order chi connectivity index (χ0) is 15.2. The molecule has 0 bridgehead atoms. The highest BCUT2D eigenvalue weighted by Gasteiger charge is 2.24. The van der Waals surface area contributed by atoms with Gasteiger partial charge in [-0.25, -0.2) is 0 Å². The average Bonchev–Trinajstić information content (AvgIpc) is 3.00. The van der Waals surface area contributed by atoms with Crippen LogP contribution in [0.25, 0.3) is 0 Å². The topological polar surface area (TPSA) is 52.7 Å². The molecule has 1 aromatic heterocycles. The first-order valence-electron chi connectivity index (χ1n) is 7.42. The van der Waals surface area contributed by atoms with Crippen LogP contribution in [0.2, 0.25) is 0 Å². The Labute approximate surface area is 129 Å². The van der Waals surface area contributed by atoms with Crippen molar-refractivity contribution in [2.75, 3.05) is 32.7 Å². The number of nitrogens with one attached hydrogen (secondary N) is 1. The minimum absolute atomic E-state index is 0.0820. The van der Waals surface area contributed by atoms with Gasteiger partial charge in [-0.3, -0.25) is 9.59 Å². The number of carbonyl (C=O) groups excluding carboxylic acids is 2. The Hall–Kier alpha value is -1.40. The Bertz CT molecular complexity index is 465. The van der Waals surface area contributed by atoms with Gasteiger partial charge in [0.2, 0.25) is 5.91 Å². The van der Waals surface area contributed by atoms with E-state index in [1.54, 1.807) is 0 Å². The zero-order valence-corrected chi connectivity index (χ0v) is 13.5. The summed E-state index contributed by atoms with van der Waals surface area (Å²) >= 11 is 1.47. The van der Waals surface area contributed by atoms with Gasteiger partial charge in [0.25, 0.3) is 5.91 Å². The Morgan fingerprint density at radius 1 is 1.24 bits per heavy atom. The first-order chi connectivity index (χ1) is 10.1. The van der Waals surface area contributed by atoms with Gasteiger partial charge in [-0.05, 0) is 11.4 Å². The zero-order valence-electron chi connectivity index (χ0n) is 12.7. The summed E-state index contributed by atoms with van der Waals surface area (Å²) in [6, 6.07) is 4.14. The first-order valence-corrected chi connectivity index (χ1v) is 8.30. The maximum absolute atomic E-state index is 12.2. The van der Waals surface area contributed by atoms with Crippen molar-refractivity contribution in [2.24, 2.45) is 0 Å². The number of amides is 2. The molecule has 0 aromatic carbocycles. The normalized spacial score (nSPS) is 15.6. The second-order valence-electron chi connectivity index (χ2n) is 5.51. The molecule has 1 fully saturated rings. The molecule has 0 atom stereocenters. The Morgan fingerprint density at radius 2 is 1.90 bits per heavy atom. The molecular weight excluding hydrogens is 286 g/mol. The maximum Gasteiger partial charge on any atom is 0.264 e. The highest BCUT2D eigenvalue weighted by atomic mass is 32.1. The summed E-state index contributed by atoms with van der Waals surface area (Å²) in [7, 11) is 0. The molecular formula is C15H23N3O2S. The van der Waals surface area contributed by atoms with Crippen molar-refractivity contribution in [2.45, 2.75) is 26.3 Å². The lowest BCUT2D eigenvalue weighted by Gasteiger charge is -2.34. The standard InChI is InChI=1S/C15H23N3O2S/c1-12(2)16-6-5-14(19)17-7-9-18(10-8-17)15(20)13-4-3-11-21-13/h3-4,11-12,16H,5-10H2,1-2H3. The summed E-state index contributed by atoms with van der Waals surface area (Å²) in [5.41, 5.74) is 0. The van der Waals surface area contributed by atoms with Crippen molar-refractivity contribution in [3.8, 4) is 0 Å². The van der Waals surface area contributed by atoms with Crippen LogP contribution in [0.5, 0.6) is 0 Å². The van der Waals surface area contributed by atoms with Crippen molar-refractivity contribution in [1.29, 1.82) is 0 Å². The summed E-state index contributed by atoms with van der Waals surface area (Å²) < 4.78 is 0. The van der Waals surface area contributed by atoms with Crippen molar-refractivity contribution in [3.05, 3.63) is 22.4 Å². The second kappa shape index (κ2) is 7.56. The number of hydrogen-bond acceptors (Lipinski definition) is 4. The van der Waals surface area contributed by atoms with Crippen LogP contribution >= 0.6 is 11.3 Å². The Kier molecular flexibility index (Phi) is 5.76. The van der Waals surface area contributed by atoms with Crippen LogP contribution in [-0.2, 0) is 4.79 Å². The van der Waals surface area contributed by atoms with Crippen LogP contribution in [0.1, 0.15) is 29.9 Å². The predicted octanol–water partition coefficient (Wildman–Crippen LogP) is 1.42. The smallest absolute Gasteiger partial charge is 0.264 e. The number of thiophene rings is 1. The van der Waals surface area contributed by atoms with Crippen molar-refractivity contribution >= 4 is 23.2 Å². The number of piperazine rings is 1. The number of carbonyl (C=O) groups is 2. The van der Waals surface area contributed by atoms with Crippen LogP contribution in [0.4, 0.5) is 0 Å². The summed E-state index contributed by atoms with van der Waals surface area (Å²) in [5, 5.41) is 5.16. The monoisotopic (exact) mass is 309 g/mol. The molecule has 2 rings (SSSR count). The van der Waals surface area contributed by atoms with E-state index in [1.807, 2.05) is 27.3 Å². The van der Waals surface area contributed by atoms with Gasteiger partial charge in [-0.15, -0.1) is 11.3 Å². The fraction of sp³-hybridized carbons (Fsp3) is 0.600. The molecule has 0 radical (unpaired) electrons. The fourth-order valence-corrected chi connectivity index (χ4v) is 3.03. The molecule has 0 aliphatic carbocycles. The lowest BCUT2D eigenvalue weighted by Crippen LogP contribution is -2.50. The van der Waals surface area contributed by atoms with Gasteiger partial charge in [0.15, 0.2) is 0 Å². The van der Waals surface area contributed by atoms with Gasteiger partial charge in [0, 0.05) is 45.2 Å². The van der Waals surface area contributed by atoms with Crippen LogP contribution < -0.4 is 5.32 Å². The largest absolute Gasteiger partial charge is 0.339 e. The second-order valence-corrected chi connectivity index (χ2v) is 6.46. The third-order valence-electron chi connectivity index (χ3n) is 3.54. The fourth-order valence-electron chi connectivity index (χ4n) is 2.34. The van der Waals surface area contributed by atoms with Gasteiger partial charge in [-0.1, -0.05) is 19.9 Å². The van der Waals surface area contributed by atoms with Crippen molar-refractivity contribution in [1.82, 2.24) is 15.1 Å². The quantitative estimate of drug-likeness (QED) is 0.895. The molecule has 1 aliphatic rings. The summed E-state index contributed by atoms with van der Waals surface area (Å²) in [6.07, 6.45) is 0.525. The molecule has 116 valence electrons. The van der Waals surface area contributed by atoms with Crippen LogP contribution in [0, 0.1) is 0 Å². The Morgan fingerprint density at radius 3 is 2.48 bits per heavy atom. The highest BCUT2D eigenvalue weighted by molar-refractivity contribution is 7.12. The third kappa shape index (κ3) is 4.54. The van der Waals surface area contributed by atoms with Crippen molar-refractivity contribution < 1.29 is 9.59 Å². The minimum Gasteiger partial charge on any atom is -0.339 e. The summed E-state index contributed by atoms with van der Waals surface area (Å²) in [5.74, 6) is 0.255. The van der Waals surface area contributed by atoms with E-state index in [2.05, 4.69) is 19.2 Å². The molecule has 6 heteroatoms. The van der Waals surface area contributed by atoms with Gasteiger partial charge in [-0.2, -0.15) is 0 Å². The molecule has 0 spiro atoms.